The van der Waals surface area contributed by atoms with Crippen LogP contribution >= 0.6 is 0 Å². The Morgan fingerprint density at radius 3 is 2.63 bits per heavy atom. The number of anilines is 1. The highest BCUT2D eigenvalue weighted by molar-refractivity contribution is 5.93. The topological polar surface area (TPSA) is 65.7 Å². The summed E-state index contributed by atoms with van der Waals surface area (Å²) in [5.74, 6) is 6.80. The molecule has 0 amide bonds. The van der Waals surface area contributed by atoms with Crippen molar-refractivity contribution in [2.45, 2.75) is 12.8 Å². The van der Waals surface area contributed by atoms with Crippen LogP contribution in [0.2, 0.25) is 0 Å². The Bertz CT molecular complexity index is 396. The van der Waals surface area contributed by atoms with Crippen LogP contribution in [0, 0.1) is 5.92 Å². The van der Waals surface area contributed by atoms with Gasteiger partial charge in [0.2, 0.25) is 5.96 Å². The Morgan fingerprint density at radius 1 is 1.32 bits per heavy atom. The van der Waals surface area contributed by atoms with Gasteiger partial charge in [-0.25, -0.2) is 5.84 Å². The molecule has 0 aliphatic carbocycles. The standard InChI is InChI=1S/C14H23N5/c1-19-9-7-12(8-10-19)11-16-14(18-15)17-13-5-3-2-4-6-13/h2-6,12H,7-11,15H2,1H3,(H2,16,17,18). The van der Waals surface area contributed by atoms with Crippen molar-refractivity contribution in [2.75, 3.05) is 32.0 Å². The summed E-state index contributed by atoms with van der Waals surface area (Å²) in [6.45, 7) is 3.16. The van der Waals surface area contributed by atoms with Crippen LogP contribution in [0.5, 0.6) is 0 Å². The van der Waals surface area contributed by atoms with E-state index < -0.39 is 0 Å². The molecule has 2 rings (SSSR count). The summed E-state index contributed by atoms with van der Waals surface area (Å²) in [6, 6.07) is 9.92. The molecule has 19 heavy (non-hydrogen) atoms. The quantitative estimate of drug-likeness (QED) is 0.332. The smallest absolute Gasteiger partial charge is 0.210 e. The summed E-state index contributed by atoms with van der Waals surface area (Å²) in [5.41, 5.74) is 3.62. The molecule has 0 atom stereocenters. The Hall–Kier alpha value is -1.59. The fraction of sp³-hybridized carbons (Fsp3) is 0.500. The predicted octanol–water partition coefficient (Wildman–Crippen LogP) is 1.26. The Kier molecular flexibility index (Phi) is 5.18. The zero-order valence-corrected chi connectivity index (χ0v) is 11.5. The fourth-order valence-corrected chi connectivity index (χ4v) is 2.24. The van der Waals surface area contributed by atoms with Gasteiger partial charge in [0.05, 0.1) is 0 Å². The monoisotopic (exact) mass is 261 g/mol. The van der Waals surface area contributed by atoms with E-state index in [-0.39, 0.29) is 0 Å². The molecular weight excluding hydrogens is 238 g/mol. The average Bonchev–Trinajstić information content (AvgIpc) is 2.46. The maximum atomic E-state index is 5.51. The van der Waals surface area contributed by atoms with E-state index in [1.54, 1.807) is 0 Å². The summed E-state index contributed by atoms with van der Waals surface area (Å²) in [7, 11) is 2.17. The lowest BCUT2D eigenvalue weighted by Crippen LogP contribution is -2.37. The number of piperidine rings is 1. The highest BCUT2D eigenvalue weighted by Gasteiger charge is 2.16. The van der Waals surface area contributed by atoms with Crippen LogP contribution in [0.1, 0.15) is 12.8 Å². The third-order valence-corrected chi connectivity index (χ3v) is 3.52. The van der Waals surface area contributed by atoms with E-state index in [0.29, 0.717) is 11.9 Å². The van der Waals surface area contributed by atoms with Gasteiger partial charge >= 0.3 is 0 Å². The summed E-state index contributed by atoms with van der Waals surface area (Å²) < 4.78 is 0. The molecule has 1 fully saturated rings. The Morgan fingerprint density at radius 2 is 2.00 bits per heavy atom. The van der Waals surface area contributed by atoms with Crippen LogP contribution in [0.3, 0.4) is 0 Å². The molecule has 5 heteroatoms. The van der Waals surface area contributed by atoms with Gasteiger partial charge < -0.3 is 10.2 Å². The van der Waals surface area contributed by atoms with Crippen LogP contribution < -0.4 is 16.6 Å². The van der Waals surface area contributed by atoms with Crippen LogP contribution in [-0.4, -0.2) is 37.5 Å². The SMILES string of the molecule is CN1CCC(CN=C(NN)Nc2ccccc2)CC1. The summed E-state index contributed by atoms with van der Waals surface area (Å²) in [5, 5.41) is 3.18. The largest absolute Gasteiger partial charge is 0.325 e. The summed E-state index contributed by atoms with van der Waals surface area (Å²) >= 11 is 0. The third kappa shape index (κ3) is 4.54. The number of hydrogen-bond acceptors (Lipinski definition) is 3. The predicted molar refractivity (Wildman–Crippen MR) is 79.9 cm³/mol. The molecule has 1 aliphatic rings. The number of nitrogens with two attached hydrogens (primary N) is 1. The van der Waals surface area contributed by atoms with Gasteiger partial charge in [0.1, 0.15) is 0 Å². The van der Waals surface area contributed by atoms with E-state index in [0.717, 1.165) is 25.3 Å². The molecule has 1 aromatic carbocycles. The molecule has 104 valence electrons. The van der Waals surface area contributed by atoms with Crippen molar-refractivity contribution >= 4 is 11.6 Å². The van der Waals surface area contributed by atoms with Gasteiger partial charge in [-0.2, -0.15) is 0 Å². The number of hydrazine groups is 1. The molecule has 0 bridgehead atoms. The zero-order valence-electron chi connectivity index (χ0n) is 11.5. The zero-order chi connectivity index (χ0) is 13.5. The number of para-hydroxylation sites is 1. The highest BCUT2D eigenvalue weighted by Crippen LogP contribution is 2.16. The first-order chi connectivity index (χ1) is 9.28. The van der Waals surface area contributed by atoms with Crippen molar-refractivity contribution in [2.24, 2.45) is 16.8 Å². The van der Waals surface area contributed by atoms with E-state index in [2.05, 4.69) is 27.7 Å². The van der Waals surface area contributed by atoms with Gasteiger partial charge in [0.15, 0.2) is 0 Å². The average molecular weight is 261 g/mol. The van der Waals surface area contributed by atoms with Crippen molar-refractivity contribution in [1.82, 2.24) is 10.3 Å². The molecule has 0 unspecified atom stereocenters. The Labute approximate surface area is 114 Å². The van der Waals surface area contributed by atoms with E-state index in [1.807, 2.05) is 30.3 Å². The molecule has 0 saturated carbocycles. The first-order valence-electron chi connectivity index (χ1n) is 6.79. The molecule has 1 aliphatic heterocycles. The van der Waals surface area contributed by atoms with E-state index in [4.69, 9.17) is 5.84 Å². The van der Waals surface area contributed by atoms with Crippen LogP contribution in [-0.2, 0) is 0 Å². The van der Waals surface area contributed by atoms with Gasteiger partial charge in [-0.05, 0) is 51.0 Å². The maximum Gasteiger partial charge on any atom is 0.210 e. The second-order valence-electron chi connectivity index (χ2n) is 5.07. The molecule has 1 aromatic rings. The molecule has 1 saturated heterocycles. The van der Waals surface area contributed by atoms with Gasteiger partial charge in [-0.1, -0.05) is 18.2 Å². The number of likely N-dealkylation sites (tertiary alicyclic amines) is 1. The first-order valence-corrected chi connectivity index (χ1v) is 6.79. The van der Waals surface area contributed by atoms with Crippen molar-refractivity contribution in [1.29, 1.82) is 0 Å². The van der Waals surface area contributed by atoms with Crippen molar-refractivity contribution in [3.63, 3.8) is 0 Å². The molecule has 5 nitrogen and oxygen atoms in total. The third-order valence-electron chi connectivity index (χ3n) is 3.52. The lowest BCUT2D eigenvalue weighted by molar-refractivity contribution is 0.223. The number of benzene rings is 1. The van der Waals surface area contributed by atoms with Crippen LogP contribution in [0.4, 0.5) is 5.69 Å². The van der Waals surface area contributed by atoms with E-state index in [9.17, 15) is 0 Å². The number of aliphatic imine (C=N–C) groups is 1. The van der Waals surface area contributed by atoms with Crippen LogP contribution in [0.25, 0.3) is 0 Å². The van der Waals surface area contributed by atoms with Crippen molar-refractivity contribution in [3.8, 4) is 0 Å². The van der Waals surface area contributed by atoms with Crippen LogP contribution in [0.15, 0.2) is 35.3 Å². The van der Waals surface area contributed by atoms with Gasteiger partial charge in [0, 0.05) is 12.2 Å². The van der Waals surface area contributed by atoms with Crippen molar-refractivity contribution in [3.05, 3.63) is 30.3 Å². The number of guanidine groups is 1. The highest BCUT2D eigenvalue weighted by atomic mass is 15.3. The molecular formula is C14H23N5. The number of nitrogens with one attached hydrogen (secondary N) is 2. The molecule has 0 radical (unpaired) electrons. The number of hydrogen-bond donors (Lipinski definition) is 3. The minimum absolute atomic E-state index is 0.630. The fourth-order valence-electron chi connectivity index (χ4n) is 2.24. The van der Waals surface area contributed by atoms with E-state index in [1.165, 1.54) is 12.8 Å². The minimum atomic E-state index is 0.630. The molecule has 0 aromatic heterocycles. The summed E-state index contributed by atoms with van der Waals surface area (Å²) in [6.07, 6.45) is 2.42. The number of rotatable bonds is 3. The lowest BCUT2D eigenvalue weighted by Gasteiger charge is -2.27. The normalized spacial score (nSPS) is 18.3. The second-order valence-corrected chi connectivity index (χ2v) is 5.07. The van der Waals surface area contributed by atoms with E-state index >= 15 is 0 Å². The molecule has 4 N–H and O–H groups in total. The maximum absolute atomic E-state index is 5.51. The van der Waals surface area contributed by atoms with Crippen molar-refractivity contribution < 1.29 is 0 Å². The molecule has 1 heterocycles. The van der Waals surface area contributed by atoms with Gasteiger partial charge in [-0.15, -0.1) is 0 Å². The van der Waals surface area contributed by atoms with Gasteiger partial charge in [-0.3, -0.25) is 10.4 Å². The molecule has 0 spiro atoms. The number of nitrogens with zero attached hydrogens (tertiary/aromatic N) is 2. The summed E-state index contributed by atoms with van der Waals surface area (Å²) in [4.78, 5) is 6.90. The first kappa shape index (κ1) is 13.8. The second kappa shape index (κ2) is 7.11. The Balaban J connectivity index is 1.85. The lowest BCUT2D eigenvalue weighted by atomic mass is 9.97. The minimum Gasteiger partial charge on any atom is -0.325 e. The van der Waals surface area contributed by atoms with Gasteiger partial charge in [0.25, 0.3) is 0 Å².